The summed E-state index contributed by atoms with van der Waals surface area (Å²) in [7, 11) is 0. The number of esters is 1. The van der Waals surface area contributed by atoms with Crippen molar-refractivity contribution in [3.63, 3.8) is 0 Å². The van der Waals surface area contributed by atoms with E-state index >= 15 is 0 Å². The van der Waals surface area contributed by atoms with Gasteiger partial charge >= 0.3 is 5.97 Å². The molecule has 0 atom stereocenters. The lowest BCUT2D eigenvalue weighted by Crippen LogP contribution is -2.23. The number of rotatable bonds is 3. The van der Waals surface area contributed by atoms with E-state index < -0.39 is 0 Å². The van der Waals surface area contributed by atoms with Gasteiger partial charge in [-0.15, -0.1) is 0 Å². The lowest BCUT2D eigenvalue weighted by Gasteiger charge is -2.15. The number of benzene rings is 1. The Labute approximate surface area is 104 Å². The zero-order valence-electron chi connectivity index (χ0n) is 9.55. The number of aryl methyl sites for hydroxylation is 1. The van der Waals surface area contributed by atoms with E-state index in [1.165, 1.54) is 0 Å². The molecule has 2 rings (SSSR count). The van der Waals surface area contributed by atoms with Crippen molar-refractivity contribution in [1.29, 1.82) is 0 Å². The number of carbonyl (C=O) groups is 1. The molecule has 1 aliphatic carbocycles. The van der Waals surface area contributed by atoms with Gasteiger partial charge < -0.3 is 4.74 Å². The molecule has 0 radical (unpaired) electrons. The van der Waals surface area contributed by atoms with Crippen LogP contribution < -0.4 is 0 Å². The van der Waals surface area contributed by atoms with Crippen LogP contribution >= 0.6 is 15.9 Å². The molecule has 0 unspecified atom stereocenters. The van der Waals surface area contributed by atoms with Crippen molar-refractivity contribution in [2.75, 3.05) is 6.61 Å². The lowest BCUT2D eigenvalue weighted by molar-refractivity contribution is -0.146. The molecule has 0 aliphatic heterocycles. The molecule has 0 N–H and O–H groups in total. The van der Waals surface area contributed by atoms with Crippen LogP contribution in [0.15, 0.2) is 22.7 Å². The van der Waals surface area contributed by atoms with E-state index in [4.69, 9.17) is 4.74 Å². The van der Waals surface area contributed by atoms with Gasteiger partial charge in [0.05, 0.1) is 12.0 Å². The van der Waals surface area contributed by atoms with E-state index in [0.717, 1.165) is 28.4 Å². The molecule has 2 nitrogen and oxygen atoms in total. The van der Waals surface area contributed by atoms with Crippen molar-refractivity contribution < 1.29 is 9.53 Å². The maximum atomic E-state index is 11.9. The van der Waals surface area contributed by atoms with Crippen LogP contribution in [-0.4, -0.2) is 12.6 Å². The predicted octanol–water partition coefficient (Wildman–Crippen LogP) is 3.35. The molecule has 0 spiro atoms. The minimum atomic E-state index is -0.346. The van der Waals surface area contributed by atoms with Crippen LogP contribution in [0.1, 0.15) is 30.9 Å². The van der Waals surface area contributed by atoms with E-state index in [0.29, 0.717) is 6.61 Å². The van der Waals surface area contributed by atoms with E-state index in [9.17, 15) is 4.79 Å². The molecule has 0 aromatic heterocycles. The predicted molar refractivity (Wildman–Crippen MR) is 66.4 cm³/mol. The summed E-state index contributed by atoms with van der Waals surface area (Å²) in [6.07, 6.45) is 1.82. The van der Waals surface area contributed by atoms with Crippen molar-refractivity contribution in [2.24, 2.45) is 0 Å². The van der Waals surface area contributed by atoms with Crippen LogP contribution in [0.3, 0.4) is 0 Å². The Kier molecular flexibility index (Phi) is 3.06. The van der Waals surface area contributed by atoms with Crippen molar-refractivity contribution in [3.8, 4) is 0 Å². The van der Waals surface area contributed by atoms with Crippen molar-refractivity contribution >= 4 is 21.9 Å². The van der Waals surface area contributed by atoms with E-state index in [1.54, 1.807) is 0 Å². The van der Waals surface area contributed by atoms with Crippen LogP contribution in [0.4, 0.5) is 0 Å². The number of ether oxygens (including phenoxy) is 1. The molecule has 86 valence electrons. The SMILES string of the molecule is CCOC(=O)C1(c2ccc(Br)c(C)c2)CC1. The number of carbonyl (C=O) groups excluding carboxylic acids is 1. The highest BCUT2D eigenvalue weighted by atomic mass is 79.9. The van der Waals surface area contributed by atoms with Crippen LogP contribution in [0.5, 0.6) is 0 Å². The maximum absolute atomic E-state index is 11.9. The van der Waals surface area contributed by atoms with Gasteiger partial charge in [0, 0.05) is 4.47 Å². The fraction of sp³-hybridized carbons (Fsp3) is 0.462. The molecule has 1 saturated carbocycles. The molecular formula is C13H15BrO2. The first kappa shape index (κ1) is 11.6. The first-order chi connectivity index (χ1) is 7.60. The number of hydrogen-bond acceptors (Lipinski definition) is 2. The van der Waals surface area contributed by atoms with Crippen molar-refractivity contribution in [1.82, 2.24) is 0 Å². The van der Waals surface area contributed by atoms with Crippen molar-refractivity contribution in [3.05, 3.63) is 33.8 Å². The molecule has 0 bridgehead atoms. The standard InChI is InChI=1S/C13H15BrO2/c1-3-16-12(15)13(6-7-13)10-4-5-11(14)9(2)8-10/h4-5,8H,3,6-7H2,1-2H3. The Morgan fingerprint density at radius 3 is 2.69 bits per heavy atom. The second-order valence-corrected chi connectivity index (χ2v) is 5.12. The van der Waals surface area contributed by atoms with E-state index in [2.05, 4.69) is 22.0 Å². The third-order valence-corrected chi connectivity index (χ3v) is 4.02. The molecule has 0 heterocycles. The topological polar surface area (TPSA) is 26.3 Å². The summed E-state index contributed by atoms with van der Waals surface area (Å²) in [4.78, 5) is 11.9. The second kappa shape index (κ2) is 4.21. The summed E-state index contributed by atoms with van der Waals surface area (Å²) < 4.78 is 6.22. The molecule has 1 aromatic carbocycles. The second-order valence-electron chi connectivity index (χ2n) is 4.27. The third kappa shape index (κ3) is 1.88. The lowest BCUT2D eigenvalue weighted by atomic mass is 9.95. The monoisotopic (exact) mass is 282 g/mol. The zero-order valence-corrected chi connectivity index (χ0v) is 11.1. The Bertz CT molecular complexity index is 422. The Hall–Kier alpha value is -0.830. The average Bonchev–Trinajstić information content (AvgIpc) is 3.03. The largest absolute Gasteiger partial charge is 0.465 e. The summed E-state index contributed by atoms with van der Waals surface area (Å²) in [5.41, 5.74) is 1.90. The van der Waals surface area contributed by atoms with Crippen molar-refractivity contribution in [2.45, 2.75) is 32.1 Å². The number of halogens is 1. The highest BCUT2D eigenvalue weighted by Gasteiger charge is 2.52. The Morgan fingerprint density at radius 1 is 1.50 bits per heavy atom. The molecule has 0 amide bonds. The summed E-state index contributed by atoms with van der Waals surface area (Å²) >= 11 is 3.47. The summed E-state index contributed by atoms with van der Waals surface area (Å²) in [5, 5.41) is 0. The fourth-order valence-electron chi connectivity index (χ4n) is 1.95. The maximum Gasteiger partial charge on any atom is 0.316 e. The quantitative estimate of drug-likeness (QED) is 0.795. The minimum Gasteiger partial charge on any atom is -0.465 e. The highest BCUT2D eigenvalue weighted by Crippen LogP contribution is 2.49. The van der Waals surface area contributed by atoms with Gasteiger partial charge in [-0.1, -0.05) is 28.1 Å². The Morgan fingerprint density at radius 2 is 2.19 bits per heavy atom. The van der Waals surface area contributed by atoms with Gasteiger partial charge in [-0.2, -0.15) is 0 Å². The van der Waals surface area contributed by atoms with Gasteiger partial charge in [0.15, 0.2) is 0 Å². The third-order valence-electron chi connectivity index (χ3n) is 3.13. The highest BCUT2D eigenvalue weighted by molar-refractivity contribution is 9.10. The average molecular weight is 283 g/mol. The smallest absolute Gasteiger partial charge is 0.316 e. The molecule has 1 aliphatic rings. The number of hydrogen-bond donors (Lipinski definition) is 0. The first-order valence-corrected chi connectivity index (χ1v) is 6.33. The van der Waals surface area contributed by atoms with E-state index in [1.807, 2.05) is 26.0 Å². The first-order valence-electron chi connectivity index (χ1n) is 5.54. The zero-order chi connectivity index (χ0) is 11.8. The molecule has 16 heavy (non-hydrogen) atoms. The minimum absolute atomic E-state index is 0.0725. The fourth-order valence-corrected chi connectivity index (χ4v) is 2.19. The van der Waals surface area contributed by atoms with Gasteiger partial charge in [0.2, 0.25) is 0 Å². The van der Waals surface area contributed by atoms with Crippen LogP contribution in [0, 0.1) is 6.92 Å². The molecule has 0 saturated heterocycles. The Balaban J connectivity index is 2.30. The molecular weight excluding hydrogens is 268 g/mol. The van der Waals surface area contributed by atoms with Gasteiger partial charge in [-0.05, 0) is 43.9 Å². The normalized spacial score (nSPS) is 16.9. The van der Waals surface area contributed by atoms with Crippen LogP contribution in [0.25, 0.3) is 0 Å². The van der Waals surface area contributed by atoms with Gasteiger partial charge in [-0.25, -0.2) is 0 Å². The summed E-state index contributed by atoms with van der Waals surface area (Å²) in [6.45, 7) is 4.34. The molecule has 3 heteroatoms. The van der Waals surface area contributed by atoms with Gasteiger partial charge in [0.1, 0.15) is 0 Å². The van der Waals surface area contributed by atoms with E-state index in [-0.39, 0.29) is 11.4 Å². The summed E-state index contributed by atoms with van der Waals surface area (Å²) in [5.74, 6) is -0.0725. The molecule has 1 aromatic rings. The van der Waals surface area contributed by atoms with Crippen LogP contribution in [0.2, 0.25) is 0 Å². The van der Waals surface area contributed by atoms with Gasteiger partial charge in [0.25, 0.3) is 0 Å². The van der Waals surface area contributed by atoms with Gasteiger partial charge in [-0.3, -0.25) is 4.79 Å². The molecule has 1 fully saturated rings. The summed E-state index contributed by atoms with van der Waals surface area (Å²) in [6, 6.07) is 6.10. The van der Waals surface area contributed by atoms with Crippen LogP contribution in [-0.2, 0) is 14.9 Å².